The summed E-state index contributed by atoms with van der Waals surface area (Å²) in [5, 5.41) is 2.51. The van der Waals surface area contributed by atoms with Gasteiger partial charge in [0.1, 0.15) is 10.6 Å². The van der Waals surface area contributed by atoms with E-state index in [1.165, 1.54) is 26.2 Å². The predicted octanol–water partition coefficient (Wildman–Crippen LogP) is 0.655. The van der Waals surface area contributed by atoms with Gasteiger partial charge in [0.15, 0.2) is 0 Å². The number of sulfonamides is 1. The number of ether oxygens (including phenoxy) is 1. The lowest BCUT2D eigenvalue weighted by atomic mass is 10.3. The molecule has 1 aromatic rings. The smallest absolute Gasteiger partial charge is 0.246 e. The van der Waals surface area contributed by atoms with Gasteiger partial charge in [-0.25, -0.2) is 12.7 Å². The molecule has 0 fully saturated rings. The fourth-order valence-corrected chi connectivity index (χ4v) is 2.52. The van der Waals surface area contributed by atoms with Crippen molar-refractivity contribution < 1.29 is 17.9 Å². The van der Waals surface area contributed by atoms with Crippen molar-refractivity contribution in [1.82, 2.24) is 4.31 Å². The zero-order chi connectivity index (χ0) is 15.3. The number of carbonyl (C=O) groups is 1. The van der Waals surface area contributed by atoms with Crippen molar-refractivity contribution in [3.05, 3.63) is 18.2 Å². The van der Waals surface area contributed by atoms with Crippen LogP contribution in [0.4, 0.5) is 5.69 Å². The molecule has 120 valence electrons. The molecule has 1 amide bonds. The first-order valence-electron chi connectivity index (χ1n) is 6.02. The molecule has 0 aliphatic rings. The number of carbonyl (C=O) groups excluding carboxylic acids is 1. The van der Waals surface area contributed by atoms with E-state index in [9.17, 15) is 13.2 Å². The second-order valence-electron chi connectivity index (χ2n) is 4.13. The maximum atomic E-state index is 12.2. The van der Waals surface area contributed by atoms with Gasteiger partial charge >= 0.3 is 0 Å². The largest absolute Gasteiger partial charge is 0.492 e. The van der Waals surface area contributed by atoms with E-state index in [1.807, 2.05) is 0 Å². The highest BCUT2D eigenvalue weighted by Crippen LogP contribution is 2.29. The second-order valence-corrected chi connectivity index (χ2v) is 6.25. The molecular formula is C12H20ClN3O4S. The fraction of sp³-hybridized carbons (Fsp3) is 0.417. The van der Waals surface area contributed by atoms with Gasteiger partial charge in [0.2, 0.25) is 15.9 Å². The summed E-state index contributed by atoms with van der Waals surface area (Å²) in [5.74, 6) is -0.158. The third-order valence-electron chi connectivity index (χ3n) is 2.47. The predicted molar refractivity (Wildman–Crippen MR) is 83.4 cm³/mol. The summed E-state index contributed by atoms with van der Waals surface area (Å²) in [5.41, 5.74) is 5.56. The summed E-state index contributed by atoms with van der Waals surface area (Å²) in [6.45, 7) is 1.92. The Labute approximate surface area is 130 Å². The zero-order valence-electron chi connectivity index (χ0n) is 12.1. The number of nitrogens with one attached hydrogen (secondary N) is 1. The number of rotatable bonds is 6. The molecule has 0 bridgehead atoms. The van der Waals surface area contributed by atoms with E-state index in [4.69, 9.17) is 10.5 Å². The van der Waals surface area contributed by atoms with E-state index >= 15 is 0 Å². The van der Waals surface area contributed by atoms with Crippen LogP contribution in [0.5, 0.6) is 5.75 Å². The molecule has 0 aliphatic heterocycles. The minimum absolute atomic E-state index is 0. The first-order valence-corrected chi connectivity index (χ1v) is 7.46. The van der Waals surface area contributed by atoms with Gasteiger partial charge in [-0.15, -0.1) is 12.4 Å². The Balaban J connectivity index is 0.00000400. The molecule has 0 saturated heterocycles. The van der Waals surface area contributed by atoms with Crippen LogP contribution >= 0.6 is 12.4 Å². The van der Waals surface area contributed by atoms with Gasteiger partial charge in [-0.2, -0.15) is 0 Å². The molecule has 0 spiro atoms. The Morgan fingerprint density at radius 1 is 1.38 bits per heavy atom. The summed E-state index contributed by atoms with van der Waals surface area (Å²) in [7, 11) is -0.815. The summed E-state index contributed by atoms with van der Waals surface area (Å²) in [4.78, 5) is 11.3. The van der Waals surface area contributed by atoms with Crippen LogP contribution in [0, 0.1) is 0 Å². The molecule has 0 atom stereocenters. The third-order valence-corrected chi connectivity index (χ3v) is 4.31. The highest BCUT2D eigenvalue weighted by atomic mass is 35.5. The summed E-state index contributed by atoms with van der Waals surface area (Å²) in [6.07, 6.45) is 0. The number of amides is 1. The maximum absolute atomic E-state index is 12.2. The van der Waals surface area contributed by atoms with E-state index in [2.05, 4.69) is 5.32 Å². The number of anilines is 1. The standard InChI is InChI=1S/C12H19N3O4S.ClH/c1-4-19-10-6-5-9(14-12(16)8-13)7-11(10)20(17,18)15(2)3;/h5-7H,4,8,13H2,1-3H3,(H,14,16);1H. The highest BCUT2D eigenvalue weighted by Gasteiger charge is 2.23. The van der Waals surface area contributed by atoms with Crippen LogP contribution in [0.3, 0.4) is 0 Å². The number of hydrogen-bond acceptors (Lipinski definition) is 5. The van der Waals surface area contributed by atoms with Gasteiger partial charge in [0.05, 0.1) is 13.2 Å². The number of halogens is 1. The number of nitrogens with two attached hydrogens (primary N) is 1. The molecule has 0 aliphatic carbocycles. The van der Waals surface area contributed by atoms with E-state index in [1.54, 1.807) is 13.0 Å². The lowest BCUT2D eigenvalue weighted by Crippen LogP contribution is -2.24. The number of hydrogen-bond donors (Lipinski definition) is 2. The normalized spacial score (nSPS) is 10.9. The minimum atomic E-state index is -3.67. The number of benzene rings is 1. The SMILES string of the molecule is CCOc1ccc(NC(=O)CN)cc1S(=O)(=O)N(C)C.Cl. The van der Waals surface area contributed by atoms with Crippen LogP contribution in [-0.4, -0.2) is 45.9 Å². The molecule has 0 aromatic heterocycles. The molecule has 0 heterocycles. The molecule has 21 heavy (non-hydrogen) atoms. The lowest BCUT2D eigenvalue weighted by molar-refractivity contribution is -0.114. The first kappa shape index (κ1) is 19.7. The van der Waals surface area contributed by atoms with Crippen LogP contribution < -0.4 is 15.8 Å². The van der Waals surface area contributed by atoms with Crippen LogP contribution in [0.1, 0.15) is 6.92 Å². The van der Waals surface area contributed by atoms with Gasteiger partial charge in [-0.1, -0.05) is 0 Å². The molecule has 7 nitrogen and oxygen atoms in total. The molecule has 0 radical (unpaired) electrons. The van der Waals surface area contributed by atoms with E-state index < -0.39 is 15.9 Å². The van der Waals surface area contributed by atoms with Crippen molar-refractivity contribution in [1.29, 1.82) is 0 Å². The third kappa shape index (κ3) is 4.85. The first-order chi connectivity index (χ1) is 9.32. The second kappa shape index (κ2) is 8.18. The van der Waals surface area contributed by atoms with E-state index in [-0.39, 0.29) is 29.6 Å². The molecule has 0 saturated carbocycles. The fourth-order valence-electron chi connectivity index (χ4n) is 1.47. The topological polar surface area (TPSA) is 102 Å². The maximum Gasteiger partial charge on any atom is 0.246 e. The minimum Gasteiger partial charge on any atom is -0.492 e. The lowest BCUT2D eigenvalue weighted by Gasteiger charge is -2.16. The van der Waals surface area contributed by atoms with Crippen LogP contribution in [0.2, 0.25) is 0 Å². The Morgan fingerprint density at radius 3 is 2.48 bits per heavy atom. The molecule has 3 N–H and O–H groups in total. The van der Waals surface area contributed by atoms with Crippen LogP contribution in [-0.2, 0) is 14.8 Å². The summed E-state index contributed by atoms with van der Waals surface area (Å²) < 4.78 is 30.9. The van der Waals surface area contributed by atoms with Crippen LogP contribution in [0.25, 0.3) is 0 Å². The van der Waals surface area contributed by atoms with Crippen molar-refractivity contribution in [2.45, 2.75) is 11.8 Å². The summed E-state index contributed by atoms with van der Waals surface area (Å²) in [6, 6.07) is 4.42. The average molecular weight is 338 g/mol. The summed E-state index contributed by atoms with van der Waals surface area (Å²) >= 11 is 0. The average Bonchev–Trinajstić information content (AvgIpc) is 2.40. The Bertz CT molecular complexity index is 590. The molecular weight excluding hydrogens is 318 g/mol. The molecule has 1 aromatic carbocycles. The van der Waals surface area contributed by atoms with Crippen molar-refractivity contribution in [2.75, 3.05) is 32.6 Å². The van der Waals surface area contributed by atoms with Gasteiger partial charge in [0.25, 0.3) is 0 Å². The Kier molecular flexibility index (Phi) is 7.65. The van der Waals surface area contributed by atoms with Gasteiger partial charge in [-0.05, 0) is 25.1 Å². The van der Waals surface area contributed by atoms with Crippen molar-refractivity contribution >= 4 is 34.0 Å². The van der Waals surface area contributed by atoms with Crippen LogP contribution in [0.15, 0.2) is 23.1 Å². The van der Waals surface area contributed by atoms with Gasteiger partial charge < -0.3 is 15.8 Å². The zero-order valence-corrected chi connectivity index (χ0v) is 13.8. The quantitative estimate of drug-likeness (QED) is 0.793. The van der Waals surface area contributed by atoms with E-state index in [0.29, 0.717) is 12.3 Å². The number of nitrogens with zero attached hydrogens (tertiary/aromatic N) is 1. The molecule has 9 heteroatoms. The molecule has 0 unspecified atom stereocenters. The van der Waals surface area contributed by atoms with Gasteiger partial charge in [0, 0.05) is 19.8 Å². The van der Waals surface area contributed by atoms with E-state index in [0.717, 1.165) is 4.31 Å². The van der Waals surface area contributed by atoms with Crippen molar-refractivity contribution in [3.63, 3.8) is 0 Å². The van der Waals surface area contributed by atoms with Gasteiger partial charge in [-0.3, -0.25) is 4.79 Å². The van der Waals surface area contributed by atoms with Crippen molar-refractivity contribution in [3.8, 4) is 5.75 Å². The van der Waals surface area contributed by atoms with Crippen molar-refractivity contribution in [2.24, 2.45) is 5.73 Å². The Morgan fingerprint density at radius 2 is 2.00 bits per heavy atom. The molecule has 1 rings (SSSR count). The monoisotopic (exact) mass is 337 g/mol. The Hall–Kier alpha value is -1.35. The highest BCUT2D eigenvalue weighted by molar-refractivity contribution is 7.89.